The van der Waals surface area contributed by atoms with Crippen molar-refractivity contribution in [2.45, 2.75) is 45.1 Å². The molecule has 0 unspecified atom stereocenters. The van der Waals surface area contributed by atoms with E-state index in [1.807, 2.05) is 0 Å². The lowest BCUT2D eigenvalue weighted by Crippen LogP contribution is -2.35. The quantitative estimate of drug-likeness (QED) is 0.650. The predicted molar refractivity (Wildman–Crippen MR) is 125 cm³/mol. The van der Waals surface area contributed by atoms with Crippen molar-refractivity contribution in [3.8, 4) is 0 Å². The van der Waals surface area contributed by atoms with Gasteiger partial charge < -0.3 is 23.9 Å². The number of amides is 2. The van der Waals surface area contributed by atoms with Crippen molar-refractivity contribution < 1.29 is 28.7 Å². The van der Waals surface area contributed by atoms with E-state index in [2.05, 4.69) is 10.3 Å². The number of carbonyl (C=O) groups is 4. The fraction of sp³-hybridized carbons (Fsp3) is 0.440. The molecule has 1 aliphatic heterocycles. The Hall–Kier alpha value is -3.82. The van der Waals surface area contributed by atoms with Gasteiger partial charge in [0.2, 0.25) is 5.78 Å². The molecule has 35 heavy (non-hydrogen) atoms. The molecule has 5 rings (SSSR count). The number of aromatic nitrogens is 2. The maximum Gasteiger partial charge on any atom is 0.412 e. The van der Waals surface area contributed by atoms with Gasteiger partial charge in [0.25, 0.3) is 5.91 Å². The molecule has 2 aromatic rings. The monoisotopic (exact) mass is 480 g/mol. The van der Waals surface area contributed by atoms with Crippen molar-refractivity contribution in [1.29, 1.82) is 0 Å². The number of methoxy groups -OCH3 is 1. The third-order valence-corrected chi connectivity index (χ3v) is 6.91. The summed E-state index contributed by atoms with van der Waals surface area (Å²) >= 11 is 0. The van der Waals surface area contributed by atoms with E-state index in [9.17, 15) is 19.2 Å². The number of hydrogen-bond acceptors (Lipinski definition) is 6. The van der Waals surface area contributed by atoms with E-state index in [0.29, 0.717) is 46.1 Å². The maximum atomic E-state index is 13.6. The van der Waals surface area contributed by atoms with E-state index in [1.165, 1.54) is 13.2 Å². The number of allylic oxidation sites excluding steroid dienone is 2. The molecule has 2 atom stereocenters. The first-order valence-corrected chi connectivity index (χ1v) is 11.4. The molecule has 2 aliphatic carbocycles. The minimum Gasteiger partial charge on any atom is -0.465 e. The number of piperidine rings is 1. The highest BCUT2D eigenvalue weighted by molar-refractivity contribution is 6.11. The summed E-state index contributed by atoms with van der Waals surface area (Å²) < 4.78 is 11.9. The lowest BCUT2D eigenvalue weighted by Gasteiger charge is -2.28. The Morgan fingerprint density at radius 1 is 1.26 bits per heavy atom. The summed E-state index contributed by atoms with van der Waals surface area (Å²) in [6.07, 6.45) is 3.28. The summed E-state index contributed by atoms with van der Waals surface area (Å²) in [5.41, 5.74) is 2.17. The van der Waals surface area contributed by atoms with Crippen LogP contribution in [0.3, 0.4) is 0 Å². The van der Waals surface area contributed by atoms with Crippen LogP contribution in [0, 0.1) is 12.8 Å². The van der Waals surface area contributed by atoms with Gasteiger partial charge in [-0.05, 0) is 46.1 Å². The maximum absolute atomic E-state index is 13.6. The molecule has 184 valence electrons. The standard InChI is InChI=1S/C25H28N4O6/c1-12-18(22(32)34-6)19-20(26-12)16(30)8-17-25(19)9-13(25)10-29(17)21(31)15-7-14(11-28(15)5)27-23(33)35-24(2,3)4/h7-8,11,13,26H,9-10H2,1-6H3,(H,27,33)/t13-,25+/m1/s1. The van der Waals surface area contributed by atoms with Crippen molar-refractivity contribution in [2.75, 3.05) is 19.0 Å². The number of ketones is 1. The zero-order valence-corrected chi connectivity index (χ0v) is 20.6. The molecule has 0 bridgehead atoms. The largest absolute Gasteiger partial charge is 0.465 e. The second kappa shape index (κ2) is 7.34. The van der Waals surface area contributed by atoms with Gasteiger partial charge in [-0.2, -0.15) is 0 Å². The number of carbonyl (C=O) groups excluding carboxylic acids is 4. The van der Waals surface area contributed by atoms with Gasteiger partial charge in [0.05, 0.1) is 24.1 Å². The van der Waals surface area contributed by atoms with E-state index in [4.69, 9.17) is 9.47 Å². The Kier molecular flexibility index (Phi) is 4.81. The number of aryl methyl sites for hydroxylation is 2. The van der Waals surface area contributed by atoms with Crippen molar-refractivity contribution >= 4 is 29.4 Å². The molecule has 0 radical (unpaired) electrons. The van der Waals surface area contributed by atoms with Gasteiger partial charge >= 0.3 is 12.1 Å². The van der Waals surface area contributed by atoms with Crippen LogP contribution in [0.15, 0.2) is 24.0 Å². The topological polar surface area (TPSA) is 123 Å². The second-order valence-corrected chi connectivity index (χ2v) is 10.4. The number of H-pyrrole nitrogens is 1. The van der Waals surface area contributed by atoms with Gasteiger partial charge in [-0.15, -0.1) is 0 Å². The molecule has 10 nitrogen and oxygen atoms in total. The van der Waals surface area contributed by atoms with Crippen LogP contribution in [0.1, 0.15) is 69.8 Å². The normalized spacial score (nSPS) is 22.1. The number of hydrogen-bond donors (Lipinski definition) is 2. The van der Waals surface area contributed by atoms with Crippen LogP contribution in [0.5, 0.6) is 0 Å². The molecule has 2 N–H and O–H groups in total. The molecule has 3 heterocycles. The van der Waals surface area contributed by atoms with Crippen LogP contribution >= 0.6 is 0 Å². The van der Waals surface area contributed by atoms with E-state index >= 15 is 0 Å². The first-order chi connectivity index (χ1) is 16.4. The van der Waals surface area contributed by atoms with Gasteiger partial charge in [0, 0.05) is 48.2 Å². The van der Waals surface area contributed by atoms with Gasteiger partial charge in [-0.1, -0.05) is 0 Å². The lowest BCUT2D eigenvalue weighted by atomic mass is 9.82. The van der Waals surface area contributed by atoms with E-state index < -0.39 is 23.1 Å². The first-order valence-electron chi connectivity index (χ1n) is 11.4. The number of anilines is 1. The fourth-order valence-electron chi connectivity index (χ4n) is 5.47. The molecule has 2 amide bonds. The van der Waals surface area contributed by atoms with Gasteiger partial charge in [0.1, 0.15) is 11.3 Å². The average molecular weight is 481 g/mol. The smallest absolute Gasteiger partial charge is 0.412 e. The number of fused-ring (bicyclic) bond motifs is 1. The third-order valence-electron chi connectivity index (χ3n) is 6.91. The SMILES string of the molecule is COC(=O)c1c(C)[nH]c2c1[C@@]13C[C@@H]1CN(C(=O)c1cc(NC(=O)OC(C)(C)C)cn1C)C3=CC2=O. The first kappa shape index (κ1) is 22.9. The minimum atomic E-state index is -0.652. The van der Waals surface area contributed by atoms with Crippen LogP contribution in [-0.4, -0.2) is 57.5 Å². The van der Waals surface area contributed by atoms with Crippen LogP contribution in [0.2, 0.25) is 0 Å². The Labute approximate surface area is 202 Å². The second-order valence-electron chi connectivity index (χ2n) is 10.4. The van der Waals surface area contributed by atoms with Crippen molar-refractivity contribution in [3.63, 3.8) is 0 Å². The highest BCUT2D eigenvalue weighted by Gasteiger charge is 2.69. The Balaban J connectivity index is 1.46. The van der Waals surface area contributed by atoms with Gasteiger partial charge in [-0.25, -0.2) is 9.59 Å². The summed E-state index contributed by atoms with van der Waals surface area (Å²) in [7, 11) is 3.02. The summed E-state index contributed by atoms with van der Waals surface area (Å²) in [4.78, 5) is 56.0. The molecular formula is C25H28N4O6. The van der Waals surface area contributed by atoms with E-state index in [1.54, 1.807) is 56.5 Å². The van der Waals surface area contributed by atoms with E-state index in [-0.39, 0.29) is 17.6 Å². The average Bonchev–Trinajstić information content (AvgIpc) is 3.00. The summed E-state index contributed by atoms with van der Waals surface area (Å²) in [6, 6.07) is 1.58. The van der Waals surface area contributed by atoms with Crippen LogP contribution in [0.25, 0.3) is 0 Å². The Morgan fingerprint density at radius 3 is 2.63 bits per heavy atom. The van der Waals surface area contributed by atoms with Crippen molar-refractivity contribution in [2.24, 2.45) is 13.0 Å². The van der Waals surface area contributed by atoms with Crippen LogP contribution in [0.4, 0.5) is 10.5 Å². The Morgan fingerprint density at radius 2 is 1.97 bits per heavy atom. The fourth-order valence-corrected chi connectivity index (χ4v) is 5.47. The minimum absolute atomic E-state index is 0.0998. The molecule has 2 aromatic heterocycles. The van der Waals surface area contributed by atoms with Gasteiger partial charge in [0.15, 0.2) is 0 Å². The molecule has 1 saturated heterocycles. The molecule has 1 spiro atoms. The van der Waals surface area contributed by atoms with E-state index in [0.717, 1.165) is 6.42 Å². The number of likely N-dealkylation sites (tertiary alicyclic amines) is 1. The highest BCUT2D eigenvalue weighted by atomic mass is 16.6. The van der Waals surface area contributed by atoms with Crippen molar-refractivity contribution in [1.82, 2.24) is 14.5 Å². The number of aromatic amines is 1. The zero-order chi connectivity index (χ0) is 25.4. The predicted octanol–water partition coefficient (Wildman–Crippen LogP) is 3.29. The van der Waals surface area contributed by atoms with Crippen LogP contribution < -0.4 is 5.32 Å². The summed E-state index contributed by atoms with van der Waals surface area (Å²) in [6.45, 7) is 7.48. The molecule has 0 aromatic carbocycles. The molecule has 2 fully saturated rings. The van der Waals surface area contributed by atoms with Crippen molar-refractivity contribution in [3.05, 3.63) is 52.2 Å². The number of rotatable bonds is 3. The highest BCUT2D eigenvalue weighted by Crippen LogP contribution is 2.67. The number of nitrogens with one attached hydrogen (secondary N) is 2. The molecule has 3 aliphatic rings. The van der Waals surface area contributed by atoms with Crippen LogP contribution in [-0.2, 0) is 21.9 Å². The molecule has 10 heteroatoms. The summed E-state index contributed by atoms with van der Waals surface area (Å²) in [5.74, 6) is -0.962. The number of nitrogens with zero attached hydrogens (tertiary/aromatic N) is 2. The third kappa shape index (κ3) is 3.38. The molecule has 1 saturated carbocycles. The Bertz CT molecular complexity index is 1340. The zero-order valence-electron chi connectivity index (χ0n) is 20.6. The number of ether oxygens (including phenoxy) is 2. The molecular weight excluding hydrogens is 452 g/mol. The lowest BCUT2D eigenvalue weighted by molar-refractivity contribution is 0.0595. The number of esters is 1. The summed E-state index contributed by atoms with van der Waals surface area (Å²) in [5, 5.41) is 2.65. The van der Waals surface area contributed by atoms with Gasteiger partial charge in [-0.3, -0.25) is 14.9 Å².